The van der Waals surface area contributed by atoms with E-state index in [-0.39, 0.29) is 11.7 Å². The van der Waals surface area contributed by atoms with E-state index in [9.17, 15) is 13.2 Å². The van der Waals surface area contributed by atoms with Crippen LogP contribution in [0.5, 0.6) is 11.5 Å². The minimum Gasteiger partial charge on any atom is -0.454 e. The lowest BCUT2D eigenvalue weighted by atomic mass is 10.3. The van der Waals surface area contributed by atoms with Gasteiger partial charge in [-0.05, 0) is 30.5 Å². The predicted molar refractivity (Wildman–Crippen MR) is 118 cm³/mol. The molecule has 1 aliphatic heterocycles. The fraction of sp³-hybridized carbons (Fsp3) is 0.263. The first-order chi connectivity index (χ1) is 14.4. The predicted octanol–water partition coefficient (Wildman–Crippen LogP) is 3.35. The van der Waals surface area contributed by atoms with Crippen molar-refractivity contribution in [1.82, 2.24) is 4.57 Å². The van der Waals surface area contributed by atoms with E-state index in [0.29, 0.717) is 27.9 Å². The summed E-state index contributed by atoms with van der Waals surface area (Å²) in [6.07, 6.45) is 1.99. The number of fused-ring (bicyclic) bond motifs is 2. The molecule has 1 aliphatic rings. The molecule has 0 atom stereocenters. The summed E-state index contributed by atoms with van der Waals surface area (Å²) in [6.45, 7) is 0.798. The van der Waals surface area contributed by atoms with Crippen LogP contribution in [-0.2, 0) is 21.2 Å². The standard InChI is InChI=1S/C19H17ClN2O5S3/c1-28-7-6-22-14-8-15-16(27-11-26-15)9-17(14)29-19(22)21-18(23)10-30(24,25)13-4-2-12(20)3-5-13/h2-5,8-9H,6-7,10-11H2,1H3. The van der Waals surface area contributed by atoms with Crippen LogP contribution in [0.25, 0.3) is 10.2 Å². The van der Waals surface area contributed by atoms with Crippen molar-refractivity contribution in [2.24, 2.45) is 4.99 Å². The Morgan fingerprint density at radius 1 is 1.23 bits per heavy atom. The molecule has 3 aromatic rings. The van der Waals surface area contributed by atoms with Gasteiger partial charge in [0, 0.05) is 29.5 Å². The number of nitrogens with zero attached hydrogens (tertiary/aromatic N) is 2. The molecule has 30 heavy (non-hydrogen) atoms. The summed E-state index contributed by atoms with van der Waals surface area (Å²) in [5.41, 5.74) is 0.866. The number of sulfone groups is 1. The highest BCUT2D eigenvalue weighted by Gasteiger charge is 2.21. The number of thioether (sulfide) groups is 1. The molecule has 0 aliphatic carbocycles. The topological polar surface area (TPSA) is 87.0 Å². The summed E-state index contributed by atoms with van der Waals surface area (Å²) in [5, 5.41) is 0.421. The zero-order valence-electron chi connectivity index (χ0n) is 15.8. The Morgan fingerprint density at radius 2 is 1.93 bits per heavy atom. The Kier molecular flexibility index (Phi) is 6.10. The van der Waals surface area contributed by atoms with Gasteiger partial charge in [-0.1, -0.05) is 22.9 Å². The summed E-state index contributed by atoms with van der Waals surface area (Å²) in [4.78, 5) is 17.1. The normalized spacial score (nSPS) is 13.9. The number of aryl methyl sites for hydroxylation is 1. The molecule has 2 aromatic carbocycles. The Bertz CT molecular complexity index is 1280. The monoisotopic (exact) mass is 484 g/mol. The van der Waals surface area contributed by atoms with E-state index >= 15 is 0 Å². The minimum atomic E-state index is -3.82. The van der Waals surface area contributed by atoms with Crippen LogP contribution in [0.2, 0.25) is 5.02 Å². The van der Waals surface area contributed by atoms with E-state index in [0.717, 1.165) is 16.0 Å². The summed E-state index contributed by atoms with van der Waals surface area (Å²) >= 11 is 8.78. The van der Waals surface area contributed by atoms with Gasteiger partial charge in [0.1, 0.15) is 5.75 Å². The number of hydrogen-bond donors (Lipinski definition) is 0. The first-order valence-electron chi connectivity index (χ1n) is 8.85. The lowest BCUT2D eigenvalue weighted by Gasteiger charge is -2.05. The van der Waals surface area contributed by atoms with Crippen LogP contribution in [0.1, 0.15) is 0 Å². The summed E-state index contributed by atoms with van der Waals surface area (Å²) < 4.78 is 38.8. The Morgan fingerprint density at radius 3 is 2.63 bits per heavy atom. The smallest absolute Gasteiger partial charge is 0.263 e. The van der Waals surface area contributed by atoms with E-state index in [4.69, 9.17) is 21.1 Å². The number of amides is 1. The maximum absolute atomic E-state index is 12.5. The fourth-order valence-corrected chi connectivity index (χ4v) is 5.65. The number of aromatic nitrogens is 1. The molecular formula is C19H17ClN2O5S3. The highest BCUT2D eigenvalue weighted by Crippen LogP contribution is 2.37. The van der Waals surface area contributed by atoms with Gasteiger partial charge in [-0.25, -0.2) is 8.42 Å². The van der Waals surface area contributed by atoms with Crippen molar-refractivity contribution in [2.45, 2.75) is 11.4 Å². The van der Waals surface area contributed by atoms with Gasteiger partial charge in [0.15, 0.2) is 26.1 Å². The first-order valence-corrected chi connectivity index (χ1v) is 13.1. The minimum absolute atomic E-state index is 0.0350. The van der Waals surface area contributed by atoms with Gasteiger partial charge in [-0.3, -0.25) is 4.79 Å². The van der Waals surface area contributed by atoms with Crippen molar-refractivity contribution < 1.29 is 22.7 Å². The molecule has 0 saturated carbocycles. The SMILES string of the molecule is CSCCn1c(=NC(=O)CS(=O)(=O)c2ccc(Cl)cc2)sc2cc3c(cc21)OCO3. The molecular weight excluding hydrogens is 468 g/mol. The second kappa shape index (κ2) is 8.62. The van der Waals surface area contributed by atoms with Crippen LogP contribution in [0.3, 0.4) is 0 Å². The number of halogens is 1. The molecule has 1 aromatic heterocycles. The first kappa shape index (κ1) is 21.2. The fourth-order valence-electron chi connectivity index (χ4n) is 2.97. The van der Waals surface area contributed by atoms with Crippen LogP contribution in [0, 0.1) is 0 Å². The maximum atomic E-state index is 12.5. The molecule has 1 amide bonds. The summed E-state index contributed by atoms with van der Waals surface area (Å²) in [5.74, 6) is 0.651. The van der Waals surface area contributed by atoms with Crippen molar-refractivity contribution in [3.63, 3.8) is 0 Å². The third-order valence-electron chi connectivity index (χ3n) is 4.40. The van der Waals surface area contributed by atoms with Crippen molar-refractivity contribution in [3.8, 4) is 11.5 Å². The number of hydrogen-bond acceptors (Lipinski definition) is 7. The highest BCUT2D eigenvalue weighted by atomic mass is 35.5. The molecule has 7 nitrogen and oxygen atoms in total. The second-order valence-electron chi connectivity index (χ2n) is 6.42. The van der Waals surface area contributed by atoms with Crippen molar-refractivity contribution in [3.05, 3.63) is 46.2 Å². The lowest BCUT2D eigenvalue weighted by molar-refractivity contribution is -0.115. The molecule has 0 saturated heterocycles. The second-order valence-corrected chi connectivity index (χ2v) is 10.8. The van der Waals surface area contributed by atoms with Crippen molar-refractivity contribution in [1.29, 1.82) is 0 Å². The average molecular weight is 485 g/mol. The van der Waals surface area contributed by atoms with Crippen LogP contribution in [0.15, 0.2) is 46.3 Å². The van der Waals surface area contributed by atoms with Gasteiger partial charge in [0.2, 0.25) is 6.79 Å². The molecule has 2 heterocycles. The van der Waals surface area contributed by atoms with Gasteiger partial charge in [0.25, 0.3) is 5.91 Å². The molecule has 0 fully saturated rings. The molecule has 11 heteroatoms. The zero-order valence-corrected chi connectivity index (χ0v) is 19.0. The quantitative estimate of drug-likeness (QED) is 0.533. The van der Waals surface area contributed by atoms with Crippen LogP contribution in [0.4, 0.5) is 0 Å². The van der Waals surface area contributed by atoms with Gasteiger partial charge < -0.3 is 14.0 Å². The molecule has 0 unspecified atom stereocenters. The molecule has 0 radical (unpaired) electrons. The van der Waals surface area contributed by atoms with Gasteiger partial charge in [0.05, 0.1) is 15.1 Å². The van der Waals surface area contributed by atoms with E-state index in [1.54, 1.807) is 11.8 Å². The molecule has 0 bridgehead atoms. The van der Waals surface area contributed by atoms with Crippen molar-refractivity contribution >= 4 is 60.7 Å². The zero-order chi connectivity index (χ0) is 21.3. The van der Waals surface area contributed by atoms with Crippen LogP contribution >= 0.6 is 34.7 Å². The number of thiazole rings is 1. The van der Waals surface area contributed by atoms with Gasteiger partial charge >= 0.3 is 0 Å². The number of ether oxygens (including phenoxy) is 2. The molecule has 158 valence electrons. The molecule has 4 rings (SSSR count). The van der Waals surface area contributed by atoms with Gasteiger partial charge in [-0.2, -0.15) is 16.8 Å². The Balaban J connectivity index is 1.70. The molecule has 0 N–H and O–H groups in total. The third kappa shape index (κ3) is 4.36. The van der Waals surface area contributed by atoms with E-state index in [1.165, 1.54) is 35.6 Å². The van der Waals surface area contributed by atoms with Crippen LogP contribution in [-0.4, -0.2) is 43.4 Å². The number of carbonyl (C=O) groups excluding carboxylic acids is 1. The maximum Gasteiger partial charge on any atom is 0.263 e. The highest BCUT2D eigenvalue weighted by molar-refractivity contribution is 7.98. The number of carbonyl (C=O) groups is 1. The van der Waals surface area contributed by atoms with E-state index in [1.807, 2.05) is 23.0 Å². The summed E-state index contributed by atoms with van der Waals surface area (Å²) in [7, 11) is -3.82. The number of benzene rings is 2. The van der Waals surface area contributed by atoms with Crippen LogP contribution < -0.4 is 14.3 Å². The lowest BCUT2D eigenvalue weighted by Crippen LogP contribution is -2.21. The largest absolute Gasteiger partial charge is 0.454 e. The Labute approximate surface area is 186 Å². The Hall–Kier alpha value is -2.01. The number of rotatable bonds is 6. The van der Waals surface area contributed by atoms with E-state index in [2.05, 4.69) is 4.99 Å². The average Bonchev–Trinajstić information content (AvgIpc) is 3.27. The molecule has 0 spiro atoms. The van der Waals surface area contributed by atoms with Gasteiger partial charge in [-0.15, -0.1) is 0 Å². The third-order valence-corrected chi connectivity index (χ3v) is 7.90. The van der Waals surface area contributed by atoms with E-state index < -0.39 is 21.5 Å². The summed E-state index contributed by atoms with van der Waals surface area (Å²) in [6, 6.07) is 9.42. The van der Waals surface area contributed by atoms with Crippen molar-refractivity contribution in [2.75, 3.05) is 24.6 Å².